The van der Waals surface area contributed by atoms with Crippen LogP contribution in [0.5, 0.6) is 5.75 Å². The van der Waals surface area contributed by atoms with Gasteiger partial charge in [0, 0.05) is 30.8 Å². The number of rotatable bonds is 8. The monoisotopic (exact) mass is 417 g/mol. The highest BCUT2D eigenvalue weighted by Crippen LogP contribution is 2.34. The maximum Gasteiger partial charge on any atom is 0.208 e. The van der Waals surface area contributed by atoms with Crippen molar-refractivity contribution in [3.05, 3.63) is 58.1 Å². The Morgan fingerprint density at radius 1 is 1.07 bits per heavy atom. The molecule has 0 bridgehead atoms. The number of hydrogen-bond acceptors (Lipinski definition) is 6. The summed E-state index contributed by atoms with van der Waals surface area (Å²) < 4.78 is 10.7. The third kappa shape index (κ3) is 4.63. The molecule has 1 heterocycles. The van der Waals surface area contributed by atoms with Crippen molar-refractivity contribution in [2.24, 2.45) is 0 Å². The number of nitrogens with zero attached hydrogens (tertiary/aromatic N) is 3. The number of aryl methyl sites for hydroxylation is 2. The summed E-state index contributed by atoms with van der Waals surface area (Å²) in [5, 5.41) is 11.3. The summed E-state index contributed by atoms with van der Waals surface area (Å²) >= 11 is 7.92. The molecule has 0 unspecified atom stereocenters. The van der Waals surface area contributed by atoms with Gasteiger partial charge >= 0.3 is 0 Å². The summed E-state index contributed by atoms with van der Waals surface area (Å²) in [5.41, 5.74) is 4.26. The molecule has 0 amide bonds. The first kappa shape index (κ1) is 20.6. The zero-order chi connectivity index (χ0) is 20.1. The van der Waals surface area contributed by atoms with Gasteiger partial charge in [0.25, 0.3) is 0 Å². The molecule has 28 heavy (non-hydrogen) atoms. The molecule has 1 aromatic heterocycles. The second-order valence-electron chi connectivity index (χ2n) is 6.54. The zero-order valence-electron chi connectivity index (χ0n) is 16.5. The van der Waals surface area contributed by atoms with Crippen LogP contribution in [0.25, 0.3) is 10.6 Å². The van der Waals surface area contributed by atoms with Gasteiger partial charge in [0.15, 0.2) is 0 Å². The van der Waals surface area contributed by atoms with Crippen LogP contribution in [-0.4, -0.2) is 37.6 Å². The smallest absolute Gasteiger partial charge is 0.208 e. The Morgan fingerprint density at radius 2 is 1.79 bits per heavy atom. The van der Waals surface area contributed by atoms with E-state index >= 15 is 0 Å². The maximum atomic E-state index is 6.35. The van der Waals surface area contributed by atoms with Crippen molar-refractivity contribution in [3.63, 3.8) is 0 Å². The number of hydrogen-bond donors (Lipinski definition) is 0. The molecule has 7 heteroatoms. The fourth-order valence-electron chi connectivity index (χ4n) is 3.13. The van der Waals surface area contributed by atoms with E-state index in [1.165, 1.54) is 0 Å². The van der Waals surface area contributed by atoms with Crippen molar-refractivity contribution in [1.29, 1.82) is 0 Å². The van der Waals surface area contributed by atoms with Crippen molar-refractivity contribution >= 4 is 28.1 Å². The van der Waals surface area contributed by atoms with Crippen molar-refractivity contribution in [1.82, 2.24) is 10.2 Å². The van der Waals surface area contributed by atoms with E-state index in [4.69, 9.17) is 21.1 Å². The molecule has 0 saturated heterocycles. The number of anilines is 1. The highest BCUT2D eigenvalue weighted by molar-refractivity contribution is 7.18. The molecule has 0 atom stereocenters. The van der Waals surface area contributed by atoms with Crippen LogP contribution < -0.4 is 9.64 Å². The van der Waals surface area contributed by atoms with Crippen molar-refractivity contribution in [3.8, 4) is 16.3 Å². The van der Waals surface area contributed by atoms with E-state index in [9.17, 15) is 0 Å². The molecule has 0 aliphatic carbocycles. The molecular weight excluding hydrogens is 394 g/mol. The van der Waals surface area contributed by atoms with Gasteiger partial charge in [-0.2, -0.15) is 0 Å². The van der Waals surface area contributed by atoms with Crippen LogP contribution in [0.1, 0.15) is 16.7 Å². The molecule has 3 aromatic rings. The largest absolute Gasteiger partial charge is 0.496 e. The average molecular weight is 418 g/mol. The Bertz CT molecular complexity index is 922. The number of aromatic nitrogens is 2. The van der Waals surface area contributed by atoms with Gasteiger partial charge in [-0.25, -0.2) is 0 Å². The molecule has 0 aliphatic heterocycles. The Labute approximate surface area is 174 Å². The normalized spacial score (nSPS) is 10.9. The predicted octanol–water partition coefficient (Wildman–Crippen LogP) is 5.14. The van der Waals surface area contributed by atoms with Crippen molar-refractivity contribution < 1.29 is 9.47 Å². The quantitative estimate of drug-likeness (QED) is 0.508. The Balaban J connectivity index is 1.89. The second kappa shape index (κ2) is 9.37. The summed E-state index contributed by atoms with van der Waals surface area (Å²) in [4.78, 5) is 2.15. The van der Waals surface area contributed by atoms with Crippen LogP contribution in [0.15, 0.2) is 36.4 Å². The topological polar surface area (TPSA) is 47.5 Å². The summed E-state index contributed by atoms with van der Waals surface area (Å²) in [6.07, 6.45) is 0. The van der Waals surface area contributed by atoms with E-state index in [1.807, 2.05) is 38.1 Å². The lowest BCUT2D eigenvalue weighted by Gasteiger charge is -2.21. The molecule has 3 rings (SSSR count). The predicted molar refractivity (Wildman–Crippen MR) is 116 cm³/mol. The van der Waals surface area contributed by atoms with Crippen molar-refractivity contribution in [2.75, 3.05) is 32.3 Å². The number of methoxy groups -OCH3 is 2. The molecule has 0 saturated carbocycles. The Kier molecular flexibility index (Phi) is 6.88. The van der Waals surface area contributed by atoms with Crippen LogP contribution in [0.2, 0.25) is 5.02 Å². The van der Waals surface area contributed by atoms with Gasteiger partial charge in [-0.3, -0.25) is 0 Å². The van der Waals surface area contributed by atoms with Gasteiger partial charge in [0.05, 0.1) is 13.7 Å². The minimum Gasteiger partial charge on any atom is -0.496 e. The van der Waals surface area contributed by atoms with Gasteiger partial charge in [-0.05, 0) is 48.7 Å². The molecule has 0 spiro atoms. The third-order valence-corrected chi connectivity index (χ3v) is 5.88. The summed E-state index contributed by atoms with van der Waals surface area (Å²) in [5.74, 6) is 0.911. The maximum absolute atomic E-state index is 6.35. The molecule has 0 aliphatic rings. The van der Waals surface area contributed by atoms with Crippen LogP contribution >= 0.6 is 22.9 Å². The van der Waals surface area contributed by atoms with Crippen molar-refractivity contribution in [2.45, 2.75) is 20.4 Å². The Morgan fingerprint density at radius 3 is 2.43 bits per heavy atom. The lowest BCUT2D eigenvalue weighted by atomic mass is 10.1. The minimum absolute atomic E-state index is 0.597. The molecule has 5 nitrogen and oxygen atoms in total. The first-order chi connectivity index (χ1) is 13.5. The van der Waals surface area contributed by atoms with E-state index in [2.05, 4.69) is 27.2 Å². The summed E-state index contributed by atoms with van der Waals surface area (Å²) in [6, 6.07) is 12.0. The zero-order valence-corrected chi connectivity index (χ0v) is 18.1. The fourth-order valence-corrected chi connectivity index (χ4v) is 4.18. The highest BCUT2D eigenvalue weighted by Gasteiger charge is 2.16. The molecular formula is C21H24ClN3O2S. The standard InChI is InChI=1S/C21H24ClN3O2S/c1-14-11-17(12-15(2)19(14)27-4)20-23-24-21(28-20)25(9-10-26-3)13-16-7-5-6-8-18(16)22/h5-8,11-12H,9-10,13H2,1-4H3. The summed E-state index contributed by atoms with van der Waals surface area (Å²) in [7, 11) is 3.39. The molecule has 2 aromatic carbocycles. The third-order valence-electron chi connectivity index (χ3n) is 4.48. The Hall–Kier alpha value is -2.15. The lowest BCUT2D eigenvalue weighted by molar-refractivity contribution is 0.205. The number of ether oxygens (including phenoxy) is 2. The van der Waals surface area contributed by atoms with E-state index in [0.29, 0.717) is 19.7 Å². The van der Waals surface area contributed by atoms with Crippen LogP contribution in [0, 0.1) is 13.8 Å². The van der Waals surface area contributed by atoms with Gasteiger partial charge in [0.1, 0.15) is 10.8 Å². The van der Waals surface area contributed by atoms with E-state index in [1.54, 1.807) is 25.6 Å². The van der Waals surface area contributed by atoms with Gasteiger partial charge in [-0.1, -0.05) is 41.1 Å². The average Bonchev–Trinajstić information content (AvgIpc) is 3.16. The van der Waals surface area contributed by atoms with Crippen LogP contribution in [0.3, 0.4) is 0 Å². The van der Waals surface area contributed by atoms with Gasteiger partial charge in [-0.15, -0.1) is 10.2 Å². The minimum atomic E-state index is 0.597. The van der Waals surface area contributed by atoms with Crippen LogP contribution in [0.4, 0.5) is 5.13 Å². The van der Waals surface area contributed by atoms with Gasteiger partial charge in [0.2, 0.25) is 5.13 Å². The van der Waals surface area contributed by atoms with E-state index in [-0.39, 0.29) is 0 Å². The molecule has 0 radical (unpaired) electrons. The van der Waals surface area contributed by atoms with Crippen LogP contribution in [-0.2, 0) is 11.3 Å². The first-order valence-corrected chi connectivity index (χ1v) is 10.2. The summed E-state index contributed by atoms with van der Waals surface area (Å²) in [6.45, 7) is 6.04. The van der Waals surface area contributed by atoms with E-state index in [0.717, 1.165) is 43.2 Å². The second-order valence-corrected chi connectivity index (χ2v) is 7.90. The van der Waals surface area contributed by atoms with E-state index < -0.39 is 0 Å². The first-order valence-electron chi connectivity index (χ1n) is 9.00. The number of benzene rings is 2. The van der Waals surface area contributed by atoms with Gasteiger partial charge < -0.3 is 14.4 Å². The number of halogens is 1. The lowest BCUT2D eigenvalue weighted by Crippen LogP contribution is -2.26. The fraction of sp³-hybridized carbons (Fsp3) is 0.333. The molecule has 0 N–H and O–H groups in total. The SMILES string of the molecule is COCCN(Cc1ccccc1Cl)c1nnc(-c2cc(C)c(OC)c(C)c2)s1. The molecule has 148 valence electrons. The highest BCUT2D eigenvalue weighted by atomic mass is 35.5. The molecule has 0 fully saturated rings.